The van der Waals surface area contributed by atoms with Crippen molar-refractivity contribution in [2.45, 2.75) is 30.8 Å². The molecule has 0 radical (unpaired) electrons. The molecule has 0 N–H and O–H groups in total. The van der Waals surface area contributed by atoms with Crippen LogP contribution in [0.5, 0.6) is 0 Å². The molecule has 0 saturated carbocycles. The van der Waals surface area contributed by atoms with Crippen molar-refractivity contribution in [3.05, 3.63) is 69.6 Å². The van der Waals surface area contributed by atoms with Crippen molar-refractivity contribution in [2.24, 2.45) is 0 Å². The van der Waals surface area contributed by atoms with Crippen molar-refractivity contribution in [1.82, 2.24) is 19.7 Å². The topological polar surface area (TPSA) is 43.6 Å². The summed E-state index contributed by atoms with van der Waals surface area (Å²) in [6.07, 6.45) is 0.841. The van der Waals surface area contributed by atoms with Gasteiger partial charge in [0.25, 0.3) is 0 Å². The molecule has 4 rings (SSSR count). The van der Waals surface area contributed by atoms with Crippen LogP contribution in [0.2, 0.25) is 0 Å². The van der Waals surface area contributed by atoms with Crippen LogP contribution >= 0.6 is 34.4 Å². The smallest absolute Gasteiger partial charge is 0.191 e. The third-order valence-corrected chi connectivity index (χ3v) is 6.76. The summed E-state index contributed by atoms with van der Waals surface area (Å²) in [6.45, 7) is 3.02. The van der Waals surface area contributed by atoms with Crippen molar-refractivity contribution >= 4 is 34.4 Å². The fourth-order valence-corrected chi connectivity index (χ4v) is 5.21. The van der Waals surface area contributed by atoms with Gasteiger partial charge in [0.1, 0.15) is 10.8 Å². The van der Waals surface area contributed by atoms with Crippen molar-refractivity contribution < 1.29 is 0 Å². The molecular weight excluding hydrogens is 380 g/mol. The molecule has 0 aliphatic heterocycles. The summed E-state index contributed by atoms with van der Waals surface area (Å²) < 4.78 is 2.20. The lowest BCUT2D eigenvalue weighted by Crippen LogP contribution is -2.03. The highest BCUT2D eigenvalue weighted by Crippen LogP contribution is 2.28. The van der Waals surface area contributed by atoms with Gasteiger partial charge in [-0.05, 0) is 18.4 Å². The quantitative estimate of drug-likeness (QED) is 0.393. The Morgan fingerprint density at radius 2 is 1.92 bits per heavy atom. The number of aromatic nitrogens is 4. The molecule has 0 spiro atoms. The van der Waals surface area contributed by atoms with Crippen molar-refractivity contribution in [2.75, 3.05) is 0 Å². The van der Waals surface area contributed by atoms with Crippen LogP contribution in [0.15, 0.2) is 58.4 Å². The van der Waals surface area contributed by atoms with Gasteiger partial charge in [-0.25, -0.2) is 4.98 Å². The number of benzene rings is 1. The lowest BCUT2D eigenvalue weighted by molar-refractivity contribution is 0.652. The zero-order valence-corrected chi connectivity index (χ0v) is 16.8. The molecule has 4 aromatic rings. The number of thiophene rings is 1. The molecule has 0 unspecified atom stereocenters. The van der Waals surface area contributed by atoms with Gasteiger partial charge in [0, 0.05) is 34.5 Å². The number of rotatable bonds is 7. The monoisotopic (exact) mass is 398 g/mol. The number of nitrogens with zero attached hydrogens (tertiary/aromatic N) is 4. The highest BCUT2D eigenvalue weighted by Gasteiger charge is 2.13. The van der Waals surface area contributed by atoms with Crippen LogP contribution in [0.1, 0.15) is 23.3 Å². The van der Waals surface area contributed by atoms with E-state index in [1.165, 1.54) is 10.4 Å². The van der Waals surface area contributed by atoms with Crippen LogP contribution in [-0.4, -0.2) is 19.7 Å². The molecule has 0 amide bonds. The van der Waals surface area contributed by atoms with E-state index < -0.39 is 0 Å². The minimum Gasteiger partial charge on any atom is -0.306 e. The number of hydrogen-bond donors (Lipinski definition) is 0. The maximum Gasteiger partial charge on any atom is 0.191 e. The Kier molecular flexibility index (Phi) is 5.48. The van der Waals surface area contributed by atoms with Crippen molar-refractivity contribution in [3.63, 3.8) is 0 Å². The molecule has 0 atom stereocenters. The fourth-order valence-electron chi connectivity index (χ4n) is 2.67. The standard InChI is InChI=1S/C19H18N4S3/c1-2-23-17(11-16-9-6-10-24-16)21-22-19(23)26-13-15-12-25-18(20-15)14-7-4-3-5-8-14/h3-10,12H,2,11,13H2,1H3. The summed E-state index contributed by atoms with van der Waals surface area (Å²) in [4.78, 5) is 6.08. The molecule has 0 aliphatic carbocycles. The minimum absolute atomic E-state index is 0.806. The Morgan fingerprint density at radius 1 is 1.04 bits per heavy atom. The second kappa shape index (κ2) is 8.16. The van der Waals surface area contributed by atoms with E-state index in [0.717, 1.165) is 40.4 Å². The Morgan fingerprint density at radius 3 is 2.69 bits per heavy atom. The molecular formula is C19H18N4S3. The molecule has 3 aromatic heterocycles. The molecule has 4 nitrogen and oxygen atoms in total. The molecule has 0 aliphatic rings. The van der Waals surface area contributed by atoms with E-state index >= 15 is 0 Å². The summed E-state index contributed by atoms with van der Waals surface area (Å²) in [5, 5.41) is 15.1. The normalized spacial score (nSPS) is 11.1. The first-order valence-electron chi connectivity index (χ1n) is 8.40. The third-order valence-electron chi connectivity index (χ3n) is 3.94. The predicted octanol–water partition coefficient (Wildman–Crippen LogP) is 5.37. The van der Waals surface area contributed by atoms with Crippen molar-refractivity contribution in [3.8, 4) is 10.6 Å². The van der Waals surface area contributed by atoms with E-state index in [1.807, 2.05) is 18.2 Å². The first kappa shape index (κ1) is 17.5. The SMILES string of the molecule is CCn1c(Cc2cccs2)nnc1SCc1csc(-c2ccccc2)n1. The highest BCUT2D eigenvalue weighted by molar-refractivity contribution is 7.98. The predicted molar refractivity (Wildman–Crippen MR) is 110 cm³/mol. The Hall–Kier alpha value is -1.96. The summed E-state index contributed by atoms with van der Waals surface area (Å²) in [5.74, 6) is 1.83. The maximum absolute atomic E-state index is 4.76. The molecule has 0 bridgehead atoms. The van der Waals surface area contributed by atoms with Gasteiger partial charge in [0.15, 0.2) is 5.16 Å². The van der Waals surface area contributed by atoms with E-state index in [2.05, 4.69) is 56.7 Å². The number of thioether (sulfide) groups is 1. The summed E-state index contributed by atoms with van der Waals surface area (Å²) in [7, 11) is 0. The van der Waals surface area contributed by atoms with Crippen LogP contribution < -0.4 is 0 Å². The zero-order chi connectivity index (χ0) is 17.8. The second-order valence-corrected chi connectivity index (χ2v) is 8.53. The number of hydrogen-bond acceptors (Lipinski definition) is 6. The summed E-state index contributed by atoms with van der Waals surface area (Å²) >= 11 is 5.15. The van der Waals surface area contributed by atoms with Gasteiger partial charge in [-0.3, -0.25) is 0 Å². The molecule has 1 aromatic carbocycles. The van der Waals surface area contributed by atoms with Crippen LogP contribution in [0.25, 0.3) is 10.6 Å². The first-order valence-corrected chi connectivity index (χ1v) is 11.1. The van der Waals surface area contributed by atoms with E-state index in [9.17, 15) is 0 Å². The van der Waals surface area contributed by atoms with Gasteiger partial charge < -0.3 is 4.57 Å². The average Bonchev–Trinajstić information content (AvgIpc) is 3.42. The van der Waals surface area contributed by atoms with Gasteiger partial charge in [0.05, 0.1) is 5.69 Å². The van der Waals surface area contributed by atoms with Crippen molar-refractivity contribution in [1.29, 1.82) is 0 Å². The van der Waals surface area contributed by atoms with Gasteiger partial charge in [-0.2, -0.15) is 0 Å². The lowest BCUT2D eigenvalue weighted by Gasteiger charge is -2.06. The van der Waals surface area contributed by atoms with E-state index in [1.54, 1.807) is 34.4 Å². The van der Waals surface area contributed by atoms with Crippen LogP contribution in [-0.2, 0) is 18.7 Å². The largest absolute Gasteiger partial charge is 0.306 e. The van der Waals surface area contributed by atoms with Gasteiger partial charge in [-0.1, -0.05) is 48.2 Å². The maximum atomic E-state index is 4.76. The van der Waals surface area contributed by atoms with Crippen LogP contribution in [0.4, 0.5) is 0 Å². The van der Waals surface area contributed by atoms with Gasteiger partial charge in [-0.15, -0.1) is 32.9 Å². The summed E-state index contributed by atoms with van der Waals surface area (Å²) in [5.41, 5.74) is 2.26. The second-order valence-electron chi connectivity index (χ2n) is 5.70. The Bertz CT molecular complexity index is 958. The molecule has 0 fully saturated rings. The van der Waals surface area contributed by atoms with Crippen LogP contribution in [0.3, 0.4) is 0 Å². The van der Waals surface area contributed by atoms with E-state index in [4.69, 9.17) is 4.98 Å². The first-order chi connectivity index (χ1) is 12.8. The molecule has 3 heterocycles. The van der Waals surface area contributed by atoms with Gasteiger partial charge in [0.2, 0.25) is 0 Å². The number of thiazole rings is 1. The average molecular weight is 399 g/mol. The zero-order valence-electron chi connectivity index (χ0n) is 14.3. The molecule has 132 valence electrons. The fraction of sp³-hybridized carbons (Fsp3) is 0.211. The molecule has 0 saturated heterocycles. The Balaban J connectivity index is 1.45. The van der Waals surface area contributed by atoms with Crippen LogP contribution in [0, 0.1) is 0 Å². The van der Waals surface area contributed by atoms with E-state index in [-0.39, 0.29) is 0 Å². The van der Waals surface area contributed by atoms with Gasteiger partial charge >= 0.3 is 0 Å². The highest BCUT2D eigenvalue weighted by atomic mass is 32.2. The third kappa shape index (κ3) is 3.90. The molecule has 7 heteroatoms. The Labute approximate surface area is 165 Å². The van der Waals surface area contributed by atoms with E-state index in [0.29, 0.717) is 0 Å². The summed E-state index contributed by atoms with van der Waals surface area (Å²) in [6, 6.07) is 14.5. The molecule has 26 heavy (non-hydrogen) atoms. The minimum atomic E-state index is 0.806. The lowest BCUT2D eigenvalue weighted by atomic mass is 10.2.